The van der Waals surface area contributed by atoms with Gasteiger partial charge < -0.3 is 4.90 Å². The van der Waals surface area contributed by atoms with Crippen LogP contribution in [0.5, 0.6) is 0 Å². The molecule has 0 bridgehead atoms. The Balaban J connectivity index is 1.61. The maximum atomic E-state index is 13.1. The summed E-state index contributed by atoms with van der Waals surface area (Å²) in [5, 5.41) is 10.8. The lowest BCUT2D eigenvalue weighted by atomic mass is 10.1. The Bertz CT molecular complexity index is 996. The van der Waals surface area contributed by atoms with Gasteiger partial charge in [-0.05, 0) is 44.0 Å². The van der Waals surface area contributed by atoms with Gasteiger partial charge in [0.1, 0.15) is 6.04 Å². The third-order valence-electron chi connectivity index (χ3n) is 5.25. The molecule has 3 amide bonds. The number of amides is 3. The number of nitro benzene ring substituents is 1. The third-order valence-corrected chi connectivity index (χ3v) is 5.25. The van der Waals surface area contributed by atoms with Gasteiger partial charge in [0.05, 0.1) is 17.0 Å². The molecule has 0 aromatic heterocycles. The molecule has 2 aromatic rings. The zero-order valence-corrected chi connectivity index (χ0v) is 15.8. The van der Waals surface area contributed by atoms with Gasteiger partial charge in [-0.2, -0.15) is 0 Å². The minimum Gasteiger partial charge on any atom is -0.323 e. The van der Waals surface area contributed by atoms with Crippen molar-refractivity contribution >= 4 is 29.1 Å². The van der Waals surface area contributed by atoms with Crippen LogP contribution in [0.4, 0.5) is 11.4 Å². The fraction of sp³-hybridized carbons (Fsp3) is 0.286. The van der Waals surface area contributed by atoms with Crippen LogP contribution in [0.15, 0.2) is 48.5 Å². The molecule has 4 rings (SSSR count). The van der Waals surface area contributed by atoms with E-state index in [9.17, 15) is 24.5 Å². The summed E-state index contributed by atoms with van der Waals surface area (Å²) in [4.78, 5) is 51.7. The predicted molar refractivity (Wildman–Crippen MR) is 104 cm³/mol. The Labute approximate surface area is 166 Å². The predicted octanol–water partition coefficient (Wildman–Crippen LogP) is 2.84. The molecule has 0 N–H and O–H groups in total. The summed E-state index contributed by atoms with van der Waals surface area (Å²) in [7, 11) is 0. The number of benzene rings is 2. The Kier molecular flexibility index (Phi) is 4.62. The molecule has 1 heterocycles. The van der Waals surface area contributed by atoms with Crippen LogP contribution in [0.25, 0.3) is 0 Å². The largest absolute Gasteiger partial charge is 0.323 e. The van der Waals surface area contributed by atoms with Crippen LogP contribution < -0.4 is 4.90 Å². The molecule has 29 heavy (non-hydrogen) atoms. The van der Waals surface area contributed by atoms with Gasteiger partial charge in [-0.3, -0.25) is 24.5 Å². The monoisotopic (exact) mass is 393 g/mol. The van der Waals surface area contributed by atoms with Gasteiger partial charge in [-0.25, -0.2) is 4.90 Å². The molecule has 1 unspecified atom stereocenters. The van der Waals surface area contributed by atoms with Crippen molar-refractivity contribution in [1.29, 1.82) is 0 Å². The second-order valence-electron chi connectivity index (χ2n) is 7.37. The Morgan fingerprint density at radius 3 is 2.24 bits per heavy atom. The smallest absolute Gasteiger partial charge is 0.269 e. The van der Waals surface area contributed by atoms with E-state index in [1.54, 1.807) is 12.1 Å². The zero-order chi connectivity index (χ0) is 20.7. The fourth-order valence-electron chi connectivity index (χ4n) is 3.59. The van der Waals surface area contributed by atoms with Crippen molar-refractivity contribution in [2.24, 2.45) is 0 Å². The number of aryl methyl sites for hydroxylation is 1. The van der Waals surface area contributed by atoms with Gasteiger partial charge in [0.25, 0.3) is 17.5 Å². The van der Waals surface area contributed by atoms with Crippen molar-refractivity contribution in [3.63, 3.8) is 0 Å². The van der Waals surface area contributed by atoms with Crippen molar-refractivity contribution in [3.8, 4) is 0 Å². The van der Waals surface area contributed by atoms with Crippen molar-refractivity contribution in [3.05, 3.63) is 69.8 Å². The summed E-state index contributed by atoms with van der Waals surface area (Å²) in [5.41, 5.74) is 1.65. The molecule has 2 fully saturated rings. The minimum atomic E-state index is -0.862. The Morgan fingerprint density at radius 1 is 1.07 bits per heavy atom. The van der Waals surface area contributed by atoms with E-state index in [2.05, 4.69) is 0 Å². The summed E-state index contributed by atoms with van der Waals surface area (Å²) in [6.45, 7) is 1.91. The van der Waals surface area contributed by atoms with E-state index in [4.69, 9.17) is 0 Å². The highest BCUT2D eigenvalue weighted by Crippen LogP contribution is 2.35. The van der Waals surface area contributed by atoms with Crippen LogP contribution in [-0.4, -0.2) is 39.6 Å². The van der Waals surface area contributed by atoms with E-state index in [1.165, 1.54) is 29.2 Å². The van der Waals surface area contributed by atoms with Crippen molar-refractivity contribution in [2.75, 3.05) is 4.90 Å². The molecule has 2 aromatic carbocycles. The normalized spacial score (nSPS) is 18.8. The minimum absolute atomic E-state index is 0.0675. The van der Waals surface area contributed by atoms with E-state index in [0.29, 0.717) is 5.69 Å². The summed E-state index contributed by atoms with van der Waals surface area (Å²) in [5.74, 6) is -1.15. The molecule has 8 heteroatoms. The molecular weight excluding hydrogens is 374 g/mol. The van der Waals surface area contributed by atoms with Gasteiger partial charge in [0, 0.05) is 23.7 Å². The highest BCUT2D eigenvalue weighted by Gasteiger charge is 2.48. The summed E-state index contributed by atoms with van der Waals surface area (Å²) < 4.78 is 0. The first-order valence-electron chi connectivity index (χ1n) is 9.37. The molecule has 1 aliphatic carbocycles. The first kappa shape index (κ1) is 18.8. The lowest BCUT2D eigenvalue weighted by Crippen LogP contribution is -2.46. The van der Waals surface area contributed by atoms with Crippen LogP contribution in [0.3, 0.4) is 0 Å². The fourth-order valence-corrected chi connectivity index (χ4v) is 3.59. The van der Waals surface area contributed by atoms with Crippen LogP contribution in [0, 0.1) is 17.0 Å². The molecule has 1 saturated heterocycles. The van der Waals surface area contributed by atoms with E-state index < -0.39 is 16.9 Å². The quantitative estimate of drug-likeness (QED) is 0.442. The molecular formula is C21H19N3O5. The van der Waals surface area contributed by atoms with E-state index >= 15 is 0 Å². The zero-order valence-electron chi connectivity index (χ0n) is 15.8. The molecule has 0 radical (unpaired) electrons. The standard InChI is InChI=1S/C21H19N3O5/c1-13-2-6-16(7-3-13)23-19(25)12-18(21(23)27)22(15-10-11-15)20(26)14-4-8-17(9-5-14)24(28)29/h2-9,15,18H,10-12H2,1H3. The average molecular weight is 393 g/mol. The highest BCUT2D eigenvalue weighted by molar-refractivity contribution is 6.23. The lowest BCUT2D eigenvalue weighted by molar-refractivity contribution is -0.384. The number of anilines is 1. The SMILES string of the molecule is Cc1ccc(N2C(=O)CC(N(C(=O)c3ccc([N+](=O)[O-])cc3)C3CC3)C2=O)cc1. The Hall–Kier alpha value is -3.55. The average Bonchev–Trinajstić information content (AvgIpc) is 3.49. The first-order chi connectivity index (χ1) is 13.9. The van der Waals surface area contributed by atoms with Crippen LogP contribution in [-0.2, 0) is 9.59 Å². The number of hydrogen-bond acceptors (Lipinski definition) is 5. The number of carbonyl (C=O) groups is 3. The number of nitrogens with zero attached hydrogens (tertiary/aromatic N) is 3. The van der Waals surface area contributed by atoms with E-state index in [1.807, 2.05) is 19.1 Å². The molecule has 0 spiro atoms. The summed E-state index contributed by atoms with van der Waals surface area (Å²) >= 11 is 0. The molecule has 2 aliphatic rings. The maximum Gasteiger partial charge on any atom is 0.269 e. The van der Waals surface area contributed by atoms with Crippen LogP contribution >= 0.6 is 0 Å². The van der Waals surface area contributed by atoms with Gasteiger partial charge in [0.2, 0.25) is 5.91 Å². The topological polar surface area (TPSA) is 101 Å². The second-order valence-corrected chi connectivity index (χ2v) is 7.37. The van der Waals surface area contributed by atoms with Crippen LogP contribution in [0.2, 0.25) is 0 Å². The molecule has 1 aliphatic heterocycles. The van der Waals surface area contributed by atoms with Gasteiger partial charge in [0.15, 0.2) is 0 Å². The third kappa shape index (κ3) is 3.49. The van der Waals surface area contributed by atoms with E-state index in [0.717, 1.165) is 23.3 Å². The number of rotatable bonds is 5. The van der Waals surface area contributed by atoms with Crippen LogP contribution in [0.1, 0.15) is 35.2 Å². The number of hydrogen-bond donors (Lipinski definition) is 0. The summed E-state index contributed by atoms with van der Waals surface area (Å²) in [6.07, 6.45) is 1.46. The van der Waals surface area contributed by atoms with Crippen molar-refractivity contribution < 1.29 is 19.3 Å². The molecule has 8 nitrogen and oxygen atoms in total. The number of nitro groups is 1. The molecule has 1 saturated carbocycles. The number of non-ortho nitro benzene ring substituents is 1. The molecule has 148 valence electrons. The number of carbonyl (C=O) groups excluding carboxylic acids is 3. The maximum absolute atomic E-state index is 13.1. The Morgan fingerprint density at radius 2 is 1.69 bits per heavy atom. The summed E-state index contributed by atoms with van der Waals surface area (Å²) in [6, 6.07) is 11.4. The van der Waals surface area contributed by atoms with E-state index in [-0.39, 0.29) is 35.5 Å². The van der Waals surface area contributed by atoms with Gasteiger partial charge >= 0.3 is 0 Å². The molecule has 1 atom stereocenters. The van der Waals surface area contributed by atoms with Gasteiger partial charge in [-0.15, -0.1) is 0 Å². The lowest BCUT2D eigenvalue weighted by Gasteiger charge is -2.27. The second kappa shape index (κ2) is 7.12. The van der Waals surface area contributed by atoms with Gasteiger partial charge in [-0.1, -0.05) is 17.7 Å². The first-order valence-corrected chi connectivity index (χ1v) is 9.37. The van der Waals surface area contributed by atoms with Crippen molar-refractivity contribution in [1.82, 2.24) is 4.90 Å². The highest BCUT2D eigenvalue weighted by atomic mass is 16.6. The number of imide groups is 1. The van der Waals surface area contributed by atoms with Crippen molar-refractivity contribution in [2.45, 2.75) is 38.3 Å².